The quantitative estimate of drug-likeness (QED) is 0.599. The first-order valence-corrected chi connectivity index (χ1v) is 10.8. The van der Waals surface area contributed by atoms with Crippen LogP contribution in [0.4, 0.5) is 5.69 Å². The summed E-state index contributed by atoms with van der Waals surface area (Å²) in [5, 5.41) is 16.4. The number of nitriles is 1. The molecule has 0 bridgehead atoms. The molecule has 1 aliphatic heterocycles. The zero-order valence-electron chi connectivity index (χ0n) is 15.6. The number of carbonyl (C=O) groups is 1. The molecule has 2 aromatic rings. The van der Waals surface area contributed by atoms with Crippen LogP contribution in [0.15, 0.2) is 28.7 Å². The van der Waals surface area contributed by atoms with Crippen molar-refractivity contribution in [2.24, 2.45) is 0 Å². The lowest BCUT2D eigenvalue weighted by Gasteiger charge is -2.24. The van der Waals surface area contributed by atoms with Gasteiger partial charge in [0.05, 0.1) is 16.0 Å². The fraction of sp³-hybridized carbons (Fsp3) is 0.400. The van der Waals surface area contributed by atoms with Gasteiger partial charge in [-0.15, -0.1) is 11.3 Å². The third-order valence-electron chi connectivity index (χ3n) is 4.38. The van der Waals surface area contributed by atoms with E-state index in [4.69, 9.17) is 9.47 Å². The number of ether oxygens (including phenoxy) is 2. The summed E-state index contributed by atoms with van der Waals surface area (Å²) in [6.45, 7) is 3.86. The number of thiophene rings is 1. The van der Waals surface area contributed by atoms with Gasteiger partial charge >= 0.3 is 5.97 Å². The largest absolute Gasteiger partial charge is 0.478 e. The summed E-state index contributed by atoms with van der Waals surface area (Å²) in [4.78, 5) is 12.9. The summed E-state index contributed by atoms with van der Waals surface area (Å²) in [5.74, 6) is -0.0773. The second-order valence-corrected chi connectivity index (χ2v) is 8.17. The minimum atomic E-state index is -0.459. The number of rotatable bonds is 7. The van der Waals surface area contributed by atoms with Crippen LogP contribution in [0, 0.1) is 11.3 Å². The number of halogens is 1. The van der Waals surface area contributed by atoms with Gasteiger partial charge in [0.1, 0.15) is 10.9 Å². The monoisotopic (exact) mass is 463 g/mol. The Hall–Kier alpha value is -2.08. The minimum Gasteiger partial charge on any atom is -0.478 e. The number of nitrogens with zero attached hydrogens (tertiary/aromatic N) is 1. The Bertz CT molecular complexity index is 872. The van der Waals surface area contributed by atoms with Gasteiger partial charge in [-0.25, -0.2) is 4.79 Å². The molecule has 1 aromatic carbocycles. The van der Waals surface area contributed by atoms with Crippen LogP contribution in [-0.4, -0.2) is 38.3 Å². The summed E-state index contributed by atoms with van der Waals surface area (Å²) in [7, 11) is 0. The van der Waals surface area contributed by atoms with Crippen LogP contribution in [0.3, 0.4) is 0 Å². The van der Waals surface area contributed by atoms with Crippen LogP contribution >= 0.6 is 27.3 Å². The first-order chi connectivity index (χ1) is 13.6. The van der Waals surface area contributed by atoms with Gasteiger partial charge in [-0.1, -0.05) is 12.1 Å². The van der Waals surface area contributed by atoms with Crippen molar-refractivity contribution in [2.45, 2.75) is 25.8 Å². The second-order valence-electron chi connectivity index (χ2n) is 6.36. The highest BCUT2D eigenvalue weighted by atomic mass is 79.9. The Labute approximate surface area is 177 Å². The van der Waals surface area contributed by atoms with E-state index in [0.29, 0.717) is 27.7 Å². The van der Waals surface area contributed by atoms with E-state index < -0.39 is 5.97 Å². The van der Waals surface area contributed by atoms with E-state index in [1.807, 2.05) is 12.1 Å². The molecule has 0 spiro atoms. The molecule has 0 saturated carbocycles. The topological polar surface area (TPSA) is 83.4 Å². The Morgan fingerprint density at radius 2 is 2.21 bits per heavy atom. The van der Waals surface area contributed by atoms with E-state index in [2.05, 4.69) is 44.8 Å². The Morgan fingerprint density at radius 1 is 1.43 bits per heavy atom. The molecule has 1 saturated heterocycles. The number of nitrogens with one attached hydrogen (secondary N) is 2. The van der Waals surface area contributed by atoms with E-state index in [1.165, 1.54) is 11.3 Å². The van der Waals surface area contributed by atoms with Crippen LogP contribution in [0.1, 0.15) is 24.6 Å². The van der Waals surface area contributed by atoms with Crippen LogP contribution in [-0.2, 0) is 9.53 Å². The van der Waals surface area contributed by atoms with Gasteiger partial charge in [-0.2, -0.15) is 5.26 Å². The Kier molecular flexibility index (Phi) is 7.31. The van der Waals surface area contributed by atoms with Crippen LogP contribution in [0.2, 0.25) is 0 Å². The van der Waals surface area contributed by atoms with Crippen molar-refractivity contribution in [1.82, 2.24) is 5.32 Å². The fourth-order valence-electron chi connectivity index (χ4n) is 3.07. The molecule has 1 aliphatic rings. The number of hydrogen-bond donors (Lipinski definition) is 2. The second kappa shape index (κ2) is 9.92. The molecule has 0 amide bonds. The van der Waals surface area contributed by atoms with Gasteiger partial charge in [0, 0.05) is 11.7 Å². The fourth-order valence-corrected chi connectivity index (χ4v) is 4.92. The number of carbonyl (C=O) groups excluding carboxylic acids is 1. The molecule has 0 unspecified atom stereocenters. The zero-order chi connectivity index (χ0) is 19.9. The number of piperidine rings is 1. The lowest BCUT2D eigenvalue weighted by Crippen LogP contribution is -2.35. The smallest absolute Gasteiger partial charge is 0.344 e. The standard InChI is InChI=1S/C20H22BrN3O3S/c1-2-26-17(25)12-27-19-16(11-22)28-20(18(19)21)13-4-3-5-15(10-13)24-14-6-8-23-9-7-14/h3-5,10,14,23-24H,2,6-9,12H2,1H3. The van der Waals surface area contributed by atoms with E-state index in [0.717, 1.165) is 42.1 Å². The number of hydrogen-bond acceptors (Lipinski definition) is 7. The third-order valence-corrected chi connectivity index (χ3v) is 6.53. The molecular formula is C20H22BrN3O3S. The van der Waals surface area contributed by atoms with Crippen molar-refractivity contribution in [1.29, 1.82) is 5.26 Å². The van der Waals surface area contributed by atoms with E-state index in [-0.39, 0.29) is 6.61 Å². The van der Waals surface area contributed by atoms with E-state index in [9.17, 15) is 10.1 Å². The molecule has 1 aromatic heterocycles. The predicted molar refractivity (Wildman–Crippen MR) is 114 cm³/mol. The summed E-state index contributed by atoms with van der Waals surface area (Å²) in [6.07, 6.45) is 2.19. The predicted octanol–water partition coefficient (Wildman–Crippen LogP) is 4.16. The molecule has 8 heteroatoms. The lowest BCUT2D eigenvalue weighted by atomic mass is 10.1. The Balaban J connectivity index is 1.80. The molecule has 0 aliphatic carbocycles. The highest BCUT2D eigenvalue weighted by Crippen LogP contribution is 2.45. The van der Waals surface area contributed by atoms with Crippen molar-refractivity contribution in [3.8, 4) is 22.3 Å². The molecule has 6 nitrogen and oxygen atoms in total. The van der Waals surface area contributed by atoms with Gasteiger partial charge in [0.15, 0.2) is 12.4 Å². The SMILES string of the molecule is CCOC(=O)COc1c(C#N)sc(-c2cccc(NC3CCNCC3)c2)c1Br. The number of benzene rings is 1. The average Bonchev–Trinajstić information content (AvgIpc) is 3.03. The van der Waals surface area contributed by atoms with Crippen molar-refractivity contribution < 1.29 is 14.3 Å². The molecule has 3 rings (SSSR count). The van der Waals surface area contributed by atoms with E-state index >= 15 is 0 Å². The van der Waals surface area contributed by atoms with Gasteiger partial charge in [0.25, 0.3) is 0 Å². The minimum absolute atomic E-state index is 0.228. The van der Waals surface area contributed by atoms with E-state index in [1.54, 1.807) is 6.92 Å². The number of esters is 1. The van der Waals surface area contributed by atoms with Crippen molar-refractivity contribution in [3.05, 3.63) is 33.6 Å². The molecule has 0 radical (unpaired) electrons. The maximum absolute atomic E-state index is 11.6. The van der Waals surface area contributed by atoms with Crippen LogP contribution in [0.25, 0.3) is 10.4 Å². The maximum atomic E-state index is 11.6. The van der Waals surface area contributed by atoms with Crippen molar-refractivity contribution >= 4 is 38.9 Å². The summed E-state index contributed by atoms with van der Waals surface area (Å²) in [5.41, 5.74) is 2.04. The normalized spacial score (nSPS) is 14.3. The maximum Gasteiger partial charge on any atom is 0.344 e. The molecule has 1 fully saturated rings. The van der Waals surface area contributed by atoms with Crippen LogP contribution in [0.5, 0.6) is 5.75 Å². The van der Waals surface area contributed by atoms with Crippen LogP contribution < -0.4 is 15.4 Å². The highest BCUT2D eigenvalue weighted by molar-refractivity contribution is 9.10. The first-order valence-electron chi connectivity index (χ1n) is 9.20. The summed E-state index contributed by atoms with van der Waals surface area (Å²) >= 11 is 4.88. The zero-order valence-corrected chi connectivity index (χ0v) is 18.0. The van der Waals surface area contributed by atoms with Gasteiger partial charge in [0.2, 0.25) is 0 Å². The van der Waals surface area contributed by atoms with Gasteiger partial charge in [-0.05, 0) is 66.5 Å². The molecule has 148 valence electrons. The summed E-state index contributed by atoms with van der Waals surface area (Å²) in [6, 6.07) is 10.7. The lowest BCUT2D eigenvalue weighted by molar-refractivity contribution is -0.145. The summed E-state index contributed by atoms with van der Waals surface area (Å²) < 4.78 is 11.1. The van der Waals surface area contributed by atoms with Crippen molar-refractivity contribution in [2.75, 3.05) is 31.6 Å². The van der Waals surface area contributed by atoms with Gasteiger partial charge in [-0.3, -0.25) is 0 Å². The molecule has 0 atom stereocenters. The number of anilines is 1. The average molecular weight is 464 g/mol. The van der Waals surface area contributed by atoms with Gasteiger partial charge < -0.3 is 20.1 Å². The third kappa shape index (κ3) is 5.04. The Morgan fingerprint density at radius 3 is 2.93 bits per heavy atom. The molecule has 2 heterocycles. The highest BCUT2D eigenvalue weighted by Gasteiger charge is 2.21. The molecule has 28 heavy (non-hydrogen) atoms. The molecular weight excluding hydrogens is 442 g/mol. The molecule has 2 N–H and O–H groups in total. The first kappa shape index (κ1) is 20.6. The van der Waals surface area contributed by atoms with Crippen molar-refractivity contribution in [3.63, 3.8) is 0 Å².